The van der Waals surface area contributed by atoms with Crippen LogP contribution in [0.5, 0.6) is 0 Å². The first-order valence-corrected chi connectivity index (χ1v) is 5.87. The fourth-order valence-electron chi connectivity index (χ4n) is 1.59. The van der Waals surface area contributed by atoms with Gasteiger partial charge in [-0.1, -0.05) is 12.2 Å². The van der Waals surface area contributed by atoms with E-state index in [2.05, 4.69) is 0 Å². The van der Waals surface area contributed by atoms with Crippen molar-refractivity contribution >= 4 is 27.0 Å². The predicted molar refractivity (Wildman–Crippen MR) is 52.8 cm³/mol. The molecule has 0 aliphatic carbocycles. The highest BCUT2D eigenvalue weighted by atomic mass is 32.2. The molecule has 1 fully saturated rings. The number of hydrogen-bond acceptors (Lipinski definition) is 3. The summed E-state index contributed by atoms with van der Waals surface area (Å²) in [4.78, 5) is 0.320. The summed E-state index contributed by atoms with van der Waals surface area (Å²) in [6.07, 6.45) is 0.574. The van der Waals surface area contributed by atoms with E-state index in [4.69, 9.17) is 18.0 Å². The van der Waals surface area contributed by atoms with Gasteiger partial charge in [-0.25, -0.2) is 8.42 Å². The molecule has 0 radical (unpaired) electrons. The Balaban J connectivity index is 3.10. The smallest absolute Gasteiger partial charge is 0.156 e. The van der Waals surface area contributed by atoms with Crippen LogP contribution in [-0.2, 0) is 9.84 Å². The summed E-state index contributed by atoms with van der Waals surface area (Å²) in [7, 11) is -2.99. The van der Waals surface area contributed by atoms with E-state index in [1.54, 1.807) is 13.8 Å². The van der Waals surface area contributed by atoms with Gasteiger partial charge in [0.15, 0.2) is 9.84 Å². The molecule has 0 aromatic heterocycles. The largest absolute Gasteiger partial charge is 0.393 e. The van der Waals surface area contributed by atoms with Crippen LogP contribution in [0.2, 0.25) is 0 Å². The molecular formula is C7H13NO2S2. The minimum atomic E-state index is -2.99. The van der Waals surface area contributed by atoms with Gasteiger partial charge in [0.25, 0.3) is 0 Å². The standard InChI is InChI=1S/C7H13NO2S2/c1-7(2)5(6(8)11)3-4-12(7,9)10/h5H,3-4H2,1-2H3,(H2,8,11). The fraction of sp³-hybridized carbons (Fsp3) is 0.857. The third-order valence-electron chi connectivity index (χ3n) is 2.66. The SMILES string of the molecule is CC1(C)C(C(N)=S)CCS1(=O)=O. The lowest BCUT2D eigenvalue weighted by Crippen LogP contribution is -2.39. The van der Waals surface area contributed by atoms with Gasteiger partial charge >= 0.3 is 0 Å². The maximum Gasteiger partial charge on any atom is 0.156 e. The number of sulfone groups is 1. The molecule has 3 nitrogen and oxygen atoms in total. The van der Waals surface area contributed by atoms with Crippen molar-refractivity contribution in [3.8, 4) is 0 Å². The quantitative estimate of drug-likeness (QED) is 0.636. The van der Waals surface area contributed by atoms with Crippen LogP contribution in [0.25, 0.3) is 0 Å². The number of rotatable bonds is 1. The van der Waals surface area contributed by atoms with Gasteiger partial charge in [-0.15, -0.1) is 0 Å². The molecule has 5 heteroatoms. The van der Waals surface area contributed by atoms with Gasteiger partial charge in [-0.05, 0) is 20.3 Å². The zero-order chi connectivity index (χ0) is 9.57. The normalized spacial score (nSPS) is 31.7. The third-order valence-corrected chi connectivity index (χ3v) is 5.60. The first kappa shape index (κ1) is 9.92. The Labute approximate surface area is 78.2 Å². The van der Waals surface area contributed by atoms with E-state index in [0.29, 0.717) is 11.4 Å². The molecule has 70 valence electrons. The van der Waals surface area contributed by atoms with Gasteiger partial charge in [-0.3, -0.25) is 0 Å². The van der Waals surface area contributed by atoms with Gasteiger partial charge in [0.05, 0.1) is 15.5 Å². The first-order chi connectivity index (χ1) is 5.29. The second-order valence-corrected chi connectivity index (χ2v) is 6.83. The van der Waals surface area contributed by atoms with E-state index in [1.165, 1.54) is 0 Å². The predicted octanol–water partition coefficient (Wildman–Crippen LogP) is 0.486. The minimum absolute atomic E-state index is 0.155. The van der Waals surface area contributed by atoms with Crippen LogP contribution in [0.1, 0.15) is 20.3 Å². The highest BCUT2D eigenvalue weighted by molar-refractivity contribution is 7.93. The maximum atomic E-state index is 11.5. The maximum absolute atomic E-state index is 11.5. The van der Waals surface area contributed by atoms with Gasteiger partial charge in [0.1, 0.15) is 0 Å². The van der Waals surface area contributed by atoms with Crippen LogP contribution in [0.3, 0.4) is 0 Å². The Kier molecular flexibility index (Phi) is 2.21. The number of hydrogen-bond donors (Lipinski definition) is 1. The molecule has 0 aromatic carbocycles. The van der Waals surface area contributed by atoms with Crippen LogP contribution >= 0.6 is 12.2 Å². The molecule has 1 unspecified atom stereocenters. The molecule has 12 heavy (non-hydrogen) atoms. The van der Waals surface area contributed by atoms with Crippen LogP contribution in [0.15, 0.2) is 0 Å². The van der Waals surface area contributed by atoms with Crippen molar-refractivity contribution < 1.29 is 8.42 Å². The molecule has 0 bridgehead atoms. The Bertz CT molecular complexity index is 305. The highest BCUT2D eigenvalue weighted by Gasteiger charge is 2.48. The summed E-state index contributed by atoms with van der Waals surface area (Å²) in [5.74, 6) is 0.0552. The van der Waals surface area contributed by atoms with Crippen LogP contribution in [0, 0.1) is 5.92 Å². The molecule has 1 aliphatic heterocycles. The molecule has 1 saturated heterocycles. The Morgan fingerprint density at radius 3 is 2.25 bits per heavy atom. The molecule has 1 heterocycles. The van der Waals surface area contributed by atoms with Gasteiger partial charge < -0.3 is 5.73 Å². The molecule has 2 N–H and O–H groups in total. The van der Waals surface area contributed by atoms with Crippen LogP contribution in [-0.4, -0.2) is 23.9 Å². The summed E-state index contributed by atoms with van der Waals surface area (Å²) >= 11 is 4.82. The zero-order valence-electron chi connectivity index (χ0n) is 7.20. The van der Waals surface area contributed by atoms with E-state index in [-0.39, 0.29) is 11.7 Å². The topological polar surface area (TPSA) is 60.2 Å². The van der Waals surface area contributed by atoms with Crippen molar-refractivity contribution in [2.45, 2.75) is 25.0 Å². The first-order valence-electron chi connectivity index (χ1n) is 3.80. The minimum Gasteiger partial charge on any atom is -0.393 e. The molecule has 0 amide bonds. The van der Waals surface area contributed by atoms with Crippen molar-refractivity contribution in [1.82, 2.24) is 0 Å². The average Bonchev–Trinajstić information content (AvgIpc) is 2.03. The Morgan fingerprint density at radius 2 is 2.08 bits per heavy atom. The molecular weight excluding hydrogens is 194 g/mol. The lowest BCUT2D eigenvalue weighted by atomic mass is 9.93. The average molecular weight is 207 g/mol. The zero-order valence-corrected chi connectivity index (χ0v) is 8.83. The van der Waals surface area contributed by atoms with Crippen molar-refractivity contribution in [3.63, 3.8) is 0 Å². The van der Waals surface area contributed by atoms with Crippen molar-refractivity contribution in [1.29, 1.82) is 0 Å². The lowest BCUT2D eigenvalue weighted by Gasteiger charge is -2.24. The summed E-state index contributed by atoms with van der Waals surface area (Å²) in [6.45, 7) is 3.39. The summed E-state index contributed by atoms with van der Waals surface area (Å²) in [6, 6.07) is 0. The second kappa shape index (κ2) is 2.67. The highest BCUT2D eigenvalue weighted by Crippen LogP contribution is 2.37. The number of nitrogens with two attached hydrogens (primary N) is 1. The van der Waals surface area contributed by atoms with E-state index in [1.807, 2.05) is 0 Å². The molecule has 0 saturated carbocycles. The summed E-state index contributed by atoms with van der Waals surface area (Å²) in [5, 5.41) is 0. The number of thiocarbonyl (C=S) groups is 1. The summed E-state index contributed by atoms with van der Waals surface area (Å²) < 4.78 is 22.2. The molecule has 0 spiro atoms. The molecule has 0 aromatic rings. The van der Waals surface area contributed by atoms with Crippen LogP contribution in [0.4, 0.5) is 0 Å². The molecule has 1 aliphatic rings. The Morgan fingerprint density at radius 1 is 1.58 bits per heavy atom. The van der Waals surface area contributed by atoms with Gasteiger partial charge in [-0.2, -0.15) is 0 Å². The van der Waals surface area contributed by atoms with Crippen molar-refractivity contribution in [2.75, 3.05) is 5.75 Å². The van der Waals surface area contributed by atoms with Crippen molar-refractivity contribution in [2.24, 2.45) is 11.7 Å². The van der Waals surface area contributed by atoms with Crippen LogP contribution < -0.4 is 5.73 Å². The lowest BCUT2D eigenvalue weighted by molar-refractivity contribution is 0.517. The van der Waals surface area contributed by atoms with E-state index >= 15 is 0 Å². The molecule has 1 atom stereocenters. The van der Waals surface area contributed by atoms with E-state index in [0.717, 1.165) is 0 Å². The van der Waals surface area contributed by atoms with E-state index < -0.39 is 14.6 Å². The monoisotopic (exact) mass is 207 g/mol. The summed E-state index contributed by atoms with van der Waals surface area (Å²) in [5.41, 5.74) is 5.46. The van der Waals surface area contributed by atoms with Gasteiger partial charge in [0, 0.05) is 5.92 Å². The van der Waals surface area contributed by atoms with Crippen molar-refractivity contribution in [3.05, 3.63) is 0 Å². The second-order valence-electron chi connectivity index (χ2n) is 3.67. The van der Waals surface area contributed by atoms with E-state index in [9.17, 15) is 8.42 Å². The van der Waals surface area contributed by atoms with Gasteiger partial charge in [0.2, 0.25) is 0 Å². The molecule has 1 rings (SSSR count). The third kappa shape index (κ3) is 1.25. The Hall–Kier alpha value is -0.160. The fourth-order valence-corrected chi connectivity index (χ4v) is 3.82.